The largest absolute Gasteiger partial charge is 0.399 e. The second-order valence-corrected chi connectivity index (χ2v) is 6.61. The number of nitrogen functional groups attached to an aromatic ring is 1. The van der Waals surface area contributed by atoms with E-state index in [2.05, 4.69) is 20.8 Å². The first-order valence-corrected chi connectivity index (χ1v) is 8.14. The molecule has 1 fully saturated rings. The molecule has 0 aromatic heterocycles. The van der Waals surface area contributed by atoms with Crippen LogP contribution in [0.4, 0.5) is 5.69 Å². The van der Waals surface area contributed by atoms with Crippen LogP contribution in [-0.4, -0.2) is 16.8 Å². The van der Waals surface area contributed by atoms with E-state index in [1.807, 2.05) is 29.2 Å². The summed E-state index contributed by atoms with van der Waals surface area (Å²) in [5.74, 6) is 0.342. The number of carbonyl (C=O) groups excluding carboxylic acids is 1. The highest BCUT2D eigenvalue weighted by Crippen LogP contribution is 2.43. The number of rotatable bonds is 5. The van der Waals surface area contributed by atoms with Crippen molar-refractivity contribution in [3.05, 3.63) is 29.8 Å². The van der Waals surface area contributed by atoms with Crippen LogP contribution in [0.1, 0.15) is 58.4 Å². The predicted octanol–water partition coefficient (Wildman–Crippen LogP) is 3.98. The van der Waals surface area contributed by atoms with Gasteiger partial charge in [0.1, 0.15) is 0 Å². The fourth-order valence-corrected chi connectivity index (χ4v) is 3.38. The van der Waals surface area contributed by atoms with Gasteiger partial charge in [0.15, 0.2) is 0 Å². The summed E-state index contributed by atoms with van der Waals surface area (Å²) < 4.78 is 0. The number of benzene rings is 1. The average molecular weight is 288 g/mol. The summed E-state index contributed by atoms with van der Waals surface area (Å²) in [6.07, 6.45) is 5.43. The Morgan fingerprint density at radius 3 is 2.29 bits per heavy atom. The third-order valence-electron chi connectivity index (χ3n) is 4.91. The van der Waals surface area contributed by atoms with E-state index >= 15 is 0 Å². The van der Waals surface area contributed by atoms with Crippen LogP contribution in [-0.2, 0) is 11.3 Å². The minimum atomic E-state index is -0.113. The lowest BCUT2D eigenvalue weighted by molar-refractivity contribution is -0.144. The summed E-state index contributed by atoms with van der Waals surface area (Å²) in [4.78, 5) is 15.2. The Bertz CT molecular complexity index is 472. The average Bonchev–Trinajstić information content (AvgIpc) is 2.95. The van der Waals surface area contributed by atoms with E-state index in [0.29, 0.717) is 12.5 Å². The number of hydrogen-bond acceptors (Lipinski definition) is 2. The molecule has 1 saturated carbocycles. The molecule has 3 heteroatoms. The quantitative estimate of drug-likeness (QED) is 0.833. The zero-order chi connectivity index (χ0) is 15.5. The zero-order valence-corrected chi connectivity index (χ0v) is 13.6. The molecule has 0 unspecified atom stereocenters. The number of hydrogen-bond donors (Lipinski definition) is 1. The van der Waals surface area contributed by atoms with Crippen molar-refractivity contribution in [2.75, 3.05) is 5.73 Å². The second-order valence-electron chi connectivity index (χ2n) is 6.61. The molecule has 1 aliphatic rings. The molecule has 2 rings (SSSR count). The fourth-order valence-electron chi connectivity index (χ4n) is 3.38. The maximum Gasteiger partial charge on any atom is 0.229 e. The molecule has 0 atom stereocenters. The highest BCUT2D eigenvalue weighted by atomic mass is 16.2. The van der Waals surface area contributed by atoms with Crippen LogP contribution in [0.2, 0.25) is 0 Å². The van der Waals surface area contributed by atoms with Crippen molar-refractivity contribution >= 4 is 11.6 Å². The summed E-state index contributed by atoms with van der Waals surface area (Å²) in [6.45, 7) is 7.05. The Kier molecular flexibility index (Phi) is 4.92. The van der Waals surface area contributed by atoms with E-state index in [9.17, 15) is 4.79 Å². The van der Waals surface area contributed by atoms with Crippen molar-refractivity contribution in [3.8, 4) is 0 Å². The van der Waals surface area contributed by atoms with E-state index in [0.717, 1.165) is 30.5 Å². The summed E-state index contributed by atoms with van der Waals surface area (Å²) in [5.41, 5.74) is 7.54. The van der Waals surface area contributed by atoms with Crippen molar-refractivity contribution < 1.29 is 4.79 Å². The van der Waals surface area contributed by atoms with Gasteiger partial charge >= 0.3 is 0 Å². The first-order chi connectivity index (χ1) is 9.98. The number of nitrogens with zero attached hydrogens (tertiary/aromatic N) is 1. The third-order valence-corrected chi connectivity index (χ3v) is 4.91. The molecule has 0 saturated heterocycles. The van der Waals surface area contributed by atoms with Gasteiger partial charge in [0, 0.05) is 23.7 Å². The predicted molar refractivity (Wildman–Crippen MR) is 87.7 cm³/mol. The van der Waals surface area contributed by atoms with Crippen molar-refractivity contribution in [2.45, 2.75) is 65.5 Å². The topological polar surface area (TPSA) is 46.3 Å². The molecule has 0 spiro atoms. The van der Waals surface area contributed by atoms with Gasteiger partial charge in [0.05, 0.1) is 0 Å². The summed E-state index contributed by atoms with van der Waals surface area (Å²) in [6, 6.07) is 8.07. The lowest BCUT2D eigenvalue weighted by Gasteiger charge is -2.36. The van der Waals surface area contributed by atoms with Gasteiger partial charge in [-0.3, -0.25) is 4.79 Å². The number of amides is 1. The molecule has 0 heterocycles. The van der Waals surface area contributed by atoms with Crippen LogP contribution in [0, 0.1) is 5.41 Å². The Morgan fingerprint density at radius 1 is 1.24 bits per heavy atom. The molecule has 3 nitrogen and oxygen atoms in total. The van der Waals surface area contributed by atoms with Gasteiger partial charge in [0.2, 0.25) is 5.91 Å². The van der Waals surface area contributed by atoms with Gasteiger partial charge in [-0.2, -0.15) is 0 Å². The van der Waals surface area contributed by atoms with Gasteiger partial charge in [-0.25, -0.2) is 0 Å². The Balaban J connectivity index is 2.18. The molecule has 116 valence electrons. The monoisotopic (exact) mass is 288 g/mol. The minimum Gasteiger partial charge on any atom is -0.399 e. The first-order valence-electron chi connectivity index (χ1n) is 8.14. The maximum absolute atomic E-state index is 13.1. The molecular formula is C18H28N2O. The molecule has 21 heavy (non-hydrogen) atoms. The SMILES string of the molecule is CCC1(C(=O)N(Cc2ccc(N)cc2)C(C)C)CCCC1. The lowest BCUT2D eigenvalue weighted by Crippen LogP contribution is -2.45. The molecule has 1 aromatic rings. The molecule has 1 aliphatic carbocycles. The normalized spacial score (nSPS) is 17.1. The first kappa shape index (κ1) is 15.9. The highest BCUT2D eigenvalue weighted by Gasteiger charge is 2.42. The van der Waals surface area contributed by atoms with Gasteiger partial charge in [0.25, 0.3) is 0 Å². The molecule has 0 bridgehead atoms. The standard InChI is InChI=1S/C18H28N2O/c1-4-18(11-5-6-12-18)17(21)20(14(2)3)13-15-7-9-16(19)10-8-15/h7-10,14H,4-6,11-13,19H2,1-3H3. The number of carbonyl (C=O) groups is 1. The molecule has 2 N–H and O–H groups in total. The van der Waals surface area contributed by atoms with E-state index in [4.69, 9.17) is 5.73 Å². The van der Waals surface area contributed by atoms with Gasteiger partial charge in [-0.05, 0) is 50.8 Å². The number of anilines is 1. The van der Waals surface area contributed by atoms with Crippen molar-refractivity contribution in [1.82, 2.24) is 4.90 Å². The highest BCUT2D eigenvalue weighted by molar-refractivity contribution is 5.83. The van der Waals surface area contributed by atoms with E-state index in [1.165, 1.54) is 12.8 Å². The maximum atomic E-state index is 13.1. The Morgan fingerprint density at radius 2 is 1.81 bits per heavy atom. The molecular weight excluding hydrogens is 260 g/mol. The zero-order valence-electron chi connectivity index (χ0n) is 13.6. The molecule has 1 amide bonds. The minimum absolute atomic E-state index is 0.113. The Hall–Kier alpha value is -1.51. The molecule has 0 aliphatic heterocycles. The third kappa shape index (κ3) is 3.39. The van der Waals surface area contributed by atoms with Gasteiger partial charge in [-0.15, -0.1) is 0 Å². The summed E-state index contributed by atoms with van der Waals surface area (Å²) in [5, 5.41) is 0. The van der Waals surface area contributed by atoms with Crippen LogP contribution in [0.3, 0.4) is 0 Å². The Labute approximate surface area is 128 Å². The smallest absolute Gasteiger partial charge is 0.229 e. The summed E-state index contributed by atoms with van der Waals surface area (Å²) in [7, 11) is 0. The van der Waals surface area contributed by atoms with Gasteiger partial charge < -0.3 is 10.6 Å². The van der Waals surface area contributed by atoms with E-state index in [-0.39, 0.29) is 11.5 Å². The summed E-state index contributed by atoms with van der Waals surface area (Å²) >= 11 is 0. The van der Waals surface area contributed by atoms with Crippen LogP contribution in [0.15, 0.2) is 24.3 Å². The van der Waals surface area contributed by atoms with Crippen LogP contribution in [0.25, 0.3) is 0 Å². The number of nitrogens with two attached hydrogens (primary N) is 1. The van der Waals surface area contributed by atoms with E-state index < -0.39 is 0 Å². The van der Waals surface area contributed by atoms with Crippen LogP contribution >= 0.6 is 0 Å². The second kappa shape index (κ2) is 6.50. The van der Waals surface area contributed by atoms with Crippen LogP contribution < -0.4 is 5.73 Å². The molecule has 1 aromatic carbocycles. The van der Waals surface area contributed by atoms with E-state index in [1.54, 1.807) is 0 Å². The van der Waals surface area contributed by atoms with Crippen molar-refractivity contribution in [1.29, 1.82) is 0 Å². The van der Waals surface area contributed by atoms with Crippen molar-refractivity contribution in [2.24, 2.45) is 5.41 Å². The lowest BCUT2D eigenvalue weighted by atomic mass is 9.81. The molecule has 0 radical (unpaired) electrons. The fraction of sp³-hybridized carbons (Fsp3) is 0.611. The van der Waals surface area contributed by atoms with Gasteiger partial charge in [-0.1, -0.05) is 31.9 Å². The van der Waals surface area contributed by atoms with Crippen LogP contribution in [0.5, 0.6) is 0 Å². The van der Waals surface area contributed by atoms with Crippen molar-refractivity contribution in [3.63, 3.8) is 0 Å².